The minimum absolute atomic E-state index is 0.0411. The Balaban J connectivity index is 2.09. The molecule has 3 N–H and O–H groups in total. The second-order valence-electron chi connectivity index (χ2n) is 6.15. The number of aliphatic hydroxyl groups is 1. The van der Waals surface area contributed by atoms with Crippen molar-refractivity contribution < 1.29 is 9.52 Å². The minimum Gasteiger partial charge on any atom is -0.444 e. The maximum atomic E-state index is 9.42. The lowest BCUT2D eigenvalue weighted by atomic mass is 10.0. The van der Waals surface area contributed by atoms with Gasteiger partial charge in [0.15, 0.2) is 12.2 Å². The predicted octanol–water partition coefficient (Wildman–Crippen LogP) is 2.73. The van der Waals surface area contributed by atoms with Crippen molar-refractivity contribution in [2.45, 2.75) is 32.9 Å². The van der Waals surface area contributed by atoms with Gasteiger partial charge in [0, 0.05) is 12.1 Å². The van der Waals surface area contributed by atoms with Gasteiger partial charge < -0.3 is 19.8 Å². The molecule has 0 unspecified atom stereocenters. The SMILES string of the molecule is CC(C)C[C@@H](N)c1nc2ccc(-c3cnco3)cc2n1CCO. The van der Waals surface area contributed by atoms with Gasteiger partial charge in [-0.3, -0.25) is 0 Å². The van der Waals surface area contributed by atoms with E-state index < -0.39 is 0 Å². The van der Waals surface area contributed by atoms with Crippen LogP contribution in [0, 0.1) is 5.92 Å². The molecule has 0 fully saturated rings. The zero-order valence-corrected chi connectivity index (χ0v) is 13.4. The number of benzene rings is 1. The molecule has 122 valence electrons. The van der Waals surface area contributed by atoms with E-state index in [2.05, 4.69) is 23.8 Å². The quantitative estimate of drug-likeness (QED) is 0.730. The largest absolute Gasteiger partial charge is 0.444 e. The van der Waals surface area contributed by atoms with Gasteiger partial charge in [-0.05, 0) is 30.5 Å². The number of nitrogens with two attached hydrogens (primary N) is 1. The third-order valence-corrected chi connectivity index (χ3v) is 3.88. The molecule has 0 aliphatic carbocycles. The molecule has 0 saturated carbocycles. The fourth-order valence-electron chi connectivity index (χ4n) is 2.88. The lowest BCUT2D eigenvalue weighted by Gasteiger charge is -2.15. The monoisotopic (exact) mass is 314 g/mol. The summed E-state index contributed by atoms with van der Waals surface area (Å²) >= 11 is 0. The highest BCUT2D eigenvalue weighted by atomic mass is 16.3. The van der Waals surface area contributed by atoms with E-state index in [0.29, 0.717) is 18.2 Å². The number of nitrogens with zero attached hydrogens (tertiary/aromatic N) is 3. The van der Waals surface area contributed by atoms with E-state index in [-0.39, 0.29) is 12.6 Å². The number of aliphatic hydroxyl groups excluding tert-OH is 1. The van der Waals surface area contributed by atoms with Crippen molar-refractivity contribution in [3.05, 3.63) is 36.6 Å². The summed E-state index contributed by atoms with van der Waals surface area (Å²) in [7, 11) is 0. The summed E-state index contributed by atoms with van der Waals surface area (Å²) < 4.78 is 7.36. The van der Waals surface area contributed by atoms with E-state index in [1.165, 1.54) is 6.39 Å². The van der Waals surface area contributed by atoms with E-state index >= 15 is 0 Å². The first kappa shape index (κ1) is 15.7. The molecule has 3 aromatic rings. The van der Waals surface area contributed by atoms with Crippen LogP contribution in [-0.2, 0) is 6.54 Å². The summed E-state index contributed by atoms with van der Waals surface area (Å²) in [5, 5.41) is 9.42. The van der Waals surface area contributed by atoms with Crippen LogP contribution in [0.4, 0.5) is 0 Å². The molecule has 0 amide bonds. The molecular formula is C17H22N4O2. The summed E-state index contributed by atoms with van der Waals surface area (Å²) in [6.45, 7) is 4.79. The van der Waals surface area contributed by atoms with Crippen molar-refractivity contribution in [2.24, 2.45) is 11.7 Å². The van der Waals surface area contributed by atoms with Crippen LogP contribution in [0.3, 0.4) is 0 Å². The molecule has 3 rings (SSSR count). The maximum absolute atomic E-state index is 9.42. The maximum Gasteiger partial charge on any atom is 0.181 e. The van der Waals surface area contributed by atoms with Crippen LogP contribution in [-0.4, -0.2) is 26.2 Å². The highest BCUT2D eigenvalue weighted by Gasteiger charge is 2.18. The van der Waals surface area contributed by atoms with Crippen LogP contribution in [0.15, 0.2) is 35.2 Å². The average molecular weight is 314 g/mol. The highest BCUT2D eigenvalue weighted by Crippen LogP contribution is 2.28. The minimum atomic E-state index is -0.150. The van der Waals surface area contributed by atoms with E-state index in [1.54, 1.807) is 6.20 Å². The zero-order chi connectivity index (χ0) is 16.4. The number of hydrogen-bond acceptors (Lipinski definition) is 5. The van der Waals surface area contributed by atoms with Crippen molar-refractivity contribution >= 4 is 11.0 Å². The molecule has 2 heterocycles. The predicted molar refractivity (Wildman–Crippen MR) is 88.7 cm³/mol. The van der Waals surface area contributed by atoms with Gasteiger partial charge in [0.2, 0.25) is 0 Å². The summed E-state index contributed by atoms with van der Waals surface area (Å²) in [5.41, 5.74) is 9.08. The number of fused-ring (bicyclic) bond motifs is 1. The van der Waals surface area contributed by atoms with Gasteiger partial charge in [-0.25, -0.2) is 9.97 Å². The Morgan fingerprint density at radius 1 is 1.35 bits per heavy atom. The number of hydrogen-bond donors (Lipinski definition) is 2. The van der Waals surface area contributed by atoms with E-state index in [0.717, 1.165) is 28.8 Å². The first-order chi connectivity index (χ1) is 11.1. The van der Waals surface area contributed by atoms with Crippen LogP contribution in [0.2, 0.25) is 0 Å². The van der Waals surface area contributed by atoms with Crippen molar-refractivity contribution in [3.63, 3.8) is 0 Å². The van der Waals surface area contributed by atoms with Crippen molar-refractivity contribution in [2.75, 3.05) is 6.61 Å². The molecule has 0 radical (unpaired) electrons. The third-order valence-electron chi connectivity index (χ3n) is 3.88. The molecule has 0 bridgehead atoms. The normalized spacial score (nSPS) is 13.1. The summed E-state index contributed by atoms with van der Waals surface area (Å²) in [6, 6.07) is 5.76. The number of imidazole rings is 1. The summed E-state index contributed by atoms with van der Waals surface area (Å²) in [5.74, 6) is 2.01. The second-order valence-corrected chi connectivity index (χ2v) is 6.15. The number of rotatable bonds is 6. The molecule has 23 heavy (non-hydrogen) atoms. The van der Waals surface area contributed by atoms with Crippen molar-refractivity contribution in [1.29, 1.82) is 0 Å². The van der Waals surface area contributed by atoms with E-state index in [1.807, 2.05) is 22.8 Å². The van der Waals surface area contributed by atoms with Crippen LogP contribution < -0.4 is 5.73 Å². The second kappa shape index (κ2) is 6.52. The Labute approximate surface area is 135 Å². The molecule has 0 aliphatic heterocycles. The zero-order valence-electron chi connectivity index (χ0n) is 13.4. The molecule has 0 saturated heterocycles. The van der Waals surface area contributed by atoms with Gasteiger partial charge in [-0.15, -0.1) is 0 Å². The molecule has 0 aliphatic rings. The Bertz CT molecular complexity index is 777. The fraction of sp³-hybridized carbons (Fsp3) is 0.412. The van der Waals surface area contributed by atoms with Gasteiger partial charge in [0.1, 0.15) is 5.82 Å². The Kier molecular flexibility index (Phi) is 4.45. The highest BCUT2D eigenvalue weighted by molar-refractivity contribution is 5.81. The third kappa shape index (κ3) is 3.13. The molecule has 1 atom stereocenters. The van der Waals surface area contributed by atoms with E-state index in [4.69, 9.17) is 10.2 Å². The van der Waals surface area contributed by atoms with Gasteiger partial charge in [0.05, 0.1) is 29.9 Å². The summed E-state index contributed by atoms with van der Waals surface area (Å²) in [6.07, 6.45) is 3.94. The van der Waals surface area contributed by atoms with Crippen LogP contribution in [0.1, 0.15) is 32.1 Å². The molecule has 2 aromatic heterocycles. The Morgan fingerprint density at radius 2 is 2.17 bits per heavy atom. The first-order valence-corrected chi connectivity index (χ1v) is 7.85. The Hall–Kier alpha value is -2.18. The number of oxazole rings is 1. The van der Waals surface area contributed by atoms with Crippen LogP contribution in [0.5, 0.6) is 0 Å². The summed E-state index contributed by atoms with van der Waals surface area (Å²) in [4.78, 5) is 8.64. The van der Waals surface area contributed by atoms with Crippen molar-refractivity contribution in [3.8, 4) is 11.3 Å². The van der Waals surface area contributed by atoms with Gasteiger partial charge >= 0.3 is 0 Å². The molecule has 0 spiro atoms. The standard InChI is InChI=1S/C17H22N4O2/c1-11(2)7-13(18)17-20-14-4-3-12(16-9-19-10-23-16)8-15(14)21(17)5-6-22/h3-4,8-11,13,22H,5-7,18H2,1-2H3/t13-/m1/s1. The fourth-order valence-corrected chi connectivity index (χ4v) is 2.88. The van der Waals surface area contributed by atoms with Gasteiger partial charge in [-0.2, -0.15) is 0 Å². The first-order valence-electron chi connectivity index (χ1n) is 7.85. The number of aromatic nitrogens is 3. The van der Waals surface area contributed by atoms with Gasteiger partial charge in [-0.1, -0.05) is 13.8 Å². The van der Waals surface area contributed by atoms with E-state index in [9.17, 15) is 5.11 Å². The molecule has 6 nitrogen and oxygen atoms in total. The molecule has 1 aromatic carbocycles. The lowest BCUT2D eigenvalue weighted by molar-refractivity contribution is 0.274. The Morgan fingerprint density at radius 3 is 2.83 bits per heavy atom. The molecule has 6 heteroatoms. The van der Waals surface area contributed by atoms with Crippen LogP contribution in [0.25, 0.3) is 22.4 Å². The van der Waals surface area contributed by atoms with Crippen LogP contribution >= 0.6 is 0 Å². The van der Waals surface area contributed by atoms with Crippen molar-refractivity contribution in [1.82, 2.24) is 14.5 Å². The molecular weight excluding hydrogens is 292 g/mol. The van der Waals surface area contributed by atoms with Gasteiger partial charge in [0.25, 0.3) is 0 Å². The average Bonchev–Trinajstić information content (AvgIpc) is 3.14. The lowest BCUT2D eigenvalue weighted by Crippen LogP contribution is -2.19. The smallest absolute Gasteiger partial charge is 0.181 e. The topological polar surface area (TPSA) is 90.1 Å².